The summed E-state index contributed by atoms with van der Waals surface area (Å²) < 4.78 is 12.4. The van der Waals surface area contributed by atoms with Crippen molar-refractivity contribution in [2.45, 2.75) is 12.2 Å². The van der Waals surface area contributed by atoms with Crippen molar-refractivity contribution >= 4 is 24.1 Å². The lowest BCUT2D eigenvalue weighted by molar-refractivity contribution is -0.132. The first-order valence-corrected chi connectivity index (χ1v) is 10.5. The lowest BCUT2D eigenvalue weighted by Crippen LogP contribution is -2.27. The lowest BCUT2D eigenvalue weighted by Gasteiger charge is -2.35. The fraction of sp³-hybridized carbons (Fsp3) is 0.0769. The zero-order valence-corrected chi connectivity index (χ0v) is 18.4. The maximum absolute atomic E-state index is 11.1. The summed E-state index contributed by atoms with van der Waals surface area (Å²) in [4.78, 5) is 22.0. The van der Waals surface area contributed by atoms with E-state index in [1.807, 2.05) is 0 Å². The number of carbonyl (C=O) groups is 2. The molecule has 10 heteroatoms. The van der Waals surface area contributed by atoms with Gasteiger partial charge in [0.05, 0.1) is 0 Å². The Labute approximate surface area is 203 Å². The number of rotatable bonds is 6. The van der Waals surface area contributed by atoms with Crippen molar-refractivity contribution in [1.82, 2.24) is 0 Å². The highest BCUT2D eigenvalue weighted by Gasteiger charge is 2.36. The van der Waals surface area contributed by atoms with E-state index in [9.17, 15) is 30.0 Å². The molecule has 184 valence electrons. The van der Waals surface area contributed by atoms with Crippen LogP contribution < -0.4 is 9.47 Å². The van der Waals surface area contributed by atoms with E-state index in [1.165, 1.54) is 42.5 Å². The van der Waals surface area contributed by atoms with E-state index in [0.29, 0.717) is 16.9 Å². The summed E-state index contributed by atoms with van der Waals surface area (Å²) in [6, 6.07) is 11.1. The van der Waals surface area contributed by atoms with Gasteiger partial charge in [0.2, 0.25) is 0 Å². The Kier molecular flexibility index (Phi) is 6.42. The molecule has 2 atom stereocenters. The van der Waals surface area contributed by atoms with Gasteiger partial charge in [0, 0.05) is 23.3 Å². The molecular weight excluding hydrogens is 472 g/mol. The number of benzene rings is 3. The standard InChI is InChI=1S/C26H20O10/c27-17-5-3-15(11-18(17)28)25-26(16-12-20(30)19(29)10-14(16)4-8-24(33)34)36-22-9-13(2-7-23(31)32)1-6-21(22)35-25/h1-12,25-30H,(H,31,32)(H,33,34)/b7-2+,8-4+/t25-,26-/m0/s1. The number of phenols is 4. The van der Waals surface area contributed by atoms with Crippen molar-refractivity contribution < 1.29 is 49.7 Å². The van der Waals surface area contributed by atoms with Gasteiger partial charge in [-0.15, -0.1) is 0 Å². The van der Waals surface area contributed by atoms with Gasteiger partial charge in [0.25, 0.3) is 0 Å². The summed E-state index contributed by atoms with van der Waals surface area (Å²) in [5, 5.41) is 58.0. The van der Waals surface area contributed by atoms with Gasteiger partial charge in [0.1, 0.15) is 0 Å². The first-order chi connectivity index (χ1) is 17.1. The largest absolute Gasteiger partial charge is 0.504 e. The van der Waals surface area contributed by atoms with E-state index in [0.717, 1.165) is 12.2 Å². The summed E-state index contributed by atoms with van der Waals surface area (Å²) in [6.07, 6.45) is 2.39. The maximum Gasteiger partial charge on any atom is 0.328 e. The number of hydrogen-bond donors (Lipinski definition) is 6. The Morgan fingerprint density at radius 2 is 1.31 bits per heavy atom. The Bertz CT molecular complexity index is 1410. The molecule has 0 amide bonds. The number of carboxylic acids is 2. The first kappa shape index (κ1) is 24.0. The van der Waals surface area contributed by atoms with Crippen LogP contribution in [0.1, 0.15) is 34.5 Å². The quantitative estimate of drug-likeness (QED) is 0.218. The van der Waals surface area contributed by atoms with Gasteiger partial charge in [-0.25, -0.2) is 9.59 Å². The van der Waals surface area contributed by atoms with Crippen molar-refractivity contribution in [1.29, 1.82) is 0 Å². The van der Waals surface area contributed by atoms with Crippen LogP contribution in [0.3, 0.4) is 0 Å². The Hall–Kier alpha value is -5.12. The van der Waals surface area contributed by atoms with Gasteiger partial charge in [0.15, 0.2) is 46.7 Å². The molecule has 3 aromatic rings. The van der Waals surface area contributed by atoms with E-state index in [1.54, 1.807) is 18.2 Å². The molecule has 0 fully saturated rings. The van der Waals surface area contributed by atoms with Crippen LogP contribution >= 0.6 is 0 Å². The number of aliphatic carboxylic acids is 2. The second-order valence-electron chi connectivity index (χ2n) is 7.84. The van der Waals surface area contributed by atoms with Gasteiger partial charge < -0.3 is 40.1 Å². The monoisotopic (exact) mass is 492 g/mol. The van der Waals surface area contributed by atoms with E-state index in [2.05, 4.69) is 0 Å². The molecule has 0 aliphatic carbocycles. The van der Waals surface area contributed by atoms with E-state index >= 15 is 0 Å². The number of fused-ring (bicyclic) bond motifs is 1. The van der Waals surface area contributed by atoms with Crippen LogP contribution in [0.4, 0.5) is 0 Å². The summed E-state index contributed by atoms with van der Waals surface area (Å²) in [6.45, 7) is 0. The molecule has 1 heterocycles. The maximum atomic E-state index is 11.1. The van der Waals surface area contributed by atoms with Gasteiger partial charge in [-0.3, -0.25) is 0 Å². The van der Waals surface area contributed by atoms with Crippen LogP contribution in [-0.2, 0) is 9.59 Å². The summed E-state index contributed by atoms with van der Waals surface area (Å²) in [5.74, 6) is -3.59. The number of aromatic hydroxyl groups is 4. The predicted octanol–water partition coefficient (Wildman–Crippen LogP) is 3.96. The molecule has 6 N–H and O–H groups in total. The highest BCUT2D eigenvalue weighted by Crippen LogP contribution is 2.49. The molecule has 36 heavy (non-hydrogen) atoms. The SMILES string of the molecule is O=C(O)/C=C/c1ccc2c(c1)O[C@@H](c1cc(O)c(O)cc1/C=C/C(=O)O)[C@H](c1ccc(O)c(O)c1)O2. The summed E-state index contributed by atoms with van der Waals surface area (Å²) >= 11 is 0. The molecular formula is C26H20O10. The molecule has 1 aliphatic rings. The van der Waals surface area contributed by atoms with Crippen LogP contribution in [0.25, 0.3) is 12.2 Å². The van der Waals surface area contributed by atoms with Gasteiger partial charge in [-0.2, -0.15) is 0 Å². The highest BCUT2D eigenvalue weighted by atomic mass is 16.6. The zero-order valence-electron chi connectivity index (χ0n) is 18.4. The molecule has 10 nitrogen and oxygen atoms in total. The van der Waals surface area contributed by atoms with Crippen LogP contribution in [0.2, 0.25) is 0 Å². The average molecular weight is 492 g/mol. The van der Waals surface area contributed by atoms with Gasteiger partial charge >= 0.3 is 11.9 Å². The fourth-order valence-electron chi connectivity index (χ4n) is 3.73. The molecule has 0 spiro atoms. The minimum atomic E-state index is -1.24. The molecule has 0 saturated carbocycles. The number of carboxylic acid groups (broad SMARTS) is 2. The minimum absolute atomic E-state index is 0.208. The number of hydrogen-bond acceptors (Lipinski definition) is 8. The molecule has 0 saturated heterocycles. The second kappa shape index (κ2) is 9.63. The van der Waals surface area contributed by atoms with Gasteiger partial charge in [-0.05, 0) is 59.7 Å². The van der Waals surface area contributed by atoms with Crippen molar-refractivity contribution in [3.05, 3.63) is 82.9 Å². The Morgan fingerprint density at radius 1 is 0.667 bits per heavy atom. The van der Waals surface area contributed by atoms with Crippen molar-refractivity contribution in [3.63, 3.8) is 0 Å². The van der Waals surface area contributed by atoms with E-state index in [-0.39, 0.29) is 22.6 Å². The summed E-state index contributed by atoms with van der Waals surface area (Å²) in [7, 11) is 0. The number of ether oxygens (including phenoxy) is 2. The fourth-order valence-corrected chi connectivity index (χ4v) is 3.73. The molecule has 0 unspecified atom stereocenters. The number of phenolic OH excluding ortho intramolecular Hbond substituents is 4. The third-order valence-electron chi connectivity index (χ3n) is 5.39. The third-order valence-corrected chi connectivity index (χ3v) is 5.39. The van der Waals surface area contributed by atoms with Crippen LogP contribution in [0, 0.1) is 0 Å². The topological polar surface area (TPSA) is 174 Å². The lowest BCUT2D eigenvalue weighted by atomic mass is 9.92. The molecule has 4 rings (SSSR count). The molecule has 1 aliphatic heterocycles. The van der Waals surface area contributed by atoms with Crippen molar-refractivity contribution in [2.75, 3.05) is 0 Å². The average Bonchev–Trinajstić information content (AvgIpc) is 2.84. The second-order valence-corrected chi connectivity index (χ2v) is 7.84. The third kappa shape index (κ3) is 5.02. The van der Waals surface area contributed by atoms with E-state index in [4.69, 9.17) is 19.7 Å². The minimum Gasteiger partial charge on any atom is -0.504 e. The molecule has 0 aromatic heterocycles. The van der Waals surface area contributed by atoms with Crippen LogP contribution in [-0.4, -0.2) is 42.6 Å². The smallest absolute Gasteiger partial charge is 0.328 e. The normalized spacial score (nSPS) is 16.9. The van der Waals surface area contributed by atoms with Gasteiger partial charge in [-0.1, -0.05) is 12.1 Å². The van der Waals surface area contributed by atoms with Crippen LogP contribution in [0.5, 0.6) is 34.5 Å². The Balaban J connectivity index is 1.87. The van der Waals surface area contributed by atoms with Crippen molar-refractivity contribution in [2.24, 2.45) is 0 Å². The van der Waals surface area contributed by atoms with E-state index < -0.39 is 41.4 Å². The zero-order chi connectivity index (χ0) is 26.0. The predicted molar refractivity (Wildman–Crippen MR) is 126 cm³/mol. The first-order valence-electron chi connectivity index (χ1n) is 10.5. The Morgan fingerprint density at radius 3 is 2.00 bits per heavy atom. The molecule has 3 aromatic carbocycles. The molecule has 0 bridgehead atoms. The van der Waals surface area contributed by atoms with Crippen LogP contribution in [0.15, 0.2) is 60.7 Å². The highest BCUT2D eigenvalue weighted by molar-refractivity contribution is 5.86. The molecule has 0 radical (unpaired) electrons. The summed E-state index contributed by atoms with van der Waals surface area (Å²) in [5.41, 5.74) is 1.34. The van der Waals surface area contributed by atoms with Crippen molar-refractivity contribution in [3.8, 4) is 34.5 Å².